The summed E-state index contributed by atoms with van der Waals surface area (Å²) in [6.45, 7) is 7.42. The van der Waals surface area contributed by atoms with Gasteiger partial charge in [0.2, 0.25) is 0 Å². The molecule has 94 valence electrons. The number of hydrogen-bond acceptors (Lipinski definition) is 4. The quantitative estimate of drug-likeness (QED) is 0.713. The maximum Gasteiger partial charge on any atom is 0.325 e. The number of ether oxygens (including phenoxy) is 1. The molecule has 1 aliphatic heterocycles. The lowest BCUT2D eigenvalue weighted by molar-refractivity contribution is -0.146. The largest absolute Gasteiger partial charge is 0.468 e. The Hall–Kier alpha value is -0.610. The summed E-state index contributed by atoms with van der Waals surface area (Å²) < 4.78 is 4.68. The molecule has 0 aromatic carbocycles. The van der Waals surface area contributed by atoms with Crippen molar-refractivity contribution >= 4 is 5.97 Å². The lowest BCUT2D eigenvalue weighted by Crippen LogP contribution is -2.46. The second kappa shape index (κ2) is 5.64. The Labute approximate surface area is 98.1 Å². The standard InChI is InChI=1S/C12H24N2O2/c1-10-5-8-14(9-10)7-4-6-12(2,13)11(15)16-3/h10H,4-9,13H2,1-3H3. The van der Waals surface area contributed by atoms with Gasteiger partial charge in [-0.3, -0.25) is 4.79 Å². The van der Waals surface area contributed by atoms with Crippen molar-refractivity contribution in [1.82, 2.24) is 4.90 Å². The summed E-state index contributed by atoms with van der Waals surface area (Å²) in [5, 5.41) is 0. The van der Waals surface area contributed by atoms with Crippen LogP contribution in [0.25, 0.3) is 0 Å². The number of carbonyl (C=O) groups excluding carboxylic acids is 1. The van der Waals surface area contributed by atoms with Gasteiger partial charge in [-0.25, -0.2) is 0 Å². The monoisotopic (exact) mass is 228 g/mol. The second-order valence-corrected chi connectivity index (χ2v) is 5.21. The van der Waals surface area contributed by atoms with Crippen LogP contribution in [0.2, 0.25) is 0 Å². The van der Waals surface area contributed by atoms with Gasteiger partial charge in [0.05, 0.1) is 7.11 Å². The van der Waals surface area contributed by atoms with E-state index in [1.165, 1.54) is 26.6 Å². The van der Waals surface area contributed by atoms with E-state index < -0.39 is 5.54 Å². The Balaban J connectivity index is 2.22. The molecule has 2 atom stereocenters. The van der Waals surface area contributed by atoms with Crippen molar-refractivity contribution in [3.05, 3.63) is 0 Å². The molecule has 0 aromatic rings. The van der Waals surface area contributed by atoms with Crippen LogP contribution in [0.5, 0.6) is 0 Å². The summed E-state index contributed by atoms with van der Waals surface area (Å²) in [7, 11) is 1.38. The lowest BCUT2D eigenvalue weighted by atomic mass is 9.97. The minimum absolute atomic E-state index is 0.317. The average molecular weight is 228 g/mol. The molecule has 4 nitrogen and oxygen atoms in total. The van der Waals surface area contributed by atoms with Crippen LogP contribution in [0.4, 0.5) is 0 Å². The first-order valence-corrected chi connectivity index (χ1v) is 6.05. The number of esters is 1. The van der Waals surface area contributed by atoms with E-state index in [-0.39, 0.29) is 5.97 Å². The van der Waals surface area contributed by atoms with Gasteiger partial charge < -0.3 is 15.4 Å². The molecule has 16 heavy (non-hydrogen) atoms. The summed E-state index contributed by atoms with van der Waals surface area (Å²) in [4.78, 5) is 13.8. The van der Waals surface area contributed by atoms with E-state index in [1.807, 2.05) is 0 Å². The fourth-order valence-corrected chi connectivity index (χ4v) is 2.23. The van der Waals surface area contributed by atoms with Gasteiger partial charge in [-0.05, 0) is 45.2 Å². The van der Waals surface area contributed by atoms with Gasteiger partial charge in [-0.1, -0.05) is 6.92 Å². The fraction of sp³-hybridized carbons (Fsp3) is 0.917. The Bertz CT molecular complexity index is 241. The Morgan fingerprint density at radius 3 is 2.81 bits per heavy atom. The van der Waals surface area contributed by atoms with Crippen molar-refractivity contribution in [2.75, 3.05) is 26.7 Å². The Kier molecular flexibility index (Phi) is 4.74. The van der Waals surface area contributed by atoms with Crippen LogP contribution in [-0.4, -0.2) is 43.2 Å². The third-order valence-electron chi connectivity index (χ3n) is 3.33. The molecule has 4 heteroatoms. The summed E-state index contributed by atoms with van der Waals surface area (Å²) in [5.74, 6) is 0.493. The van der Waals surface area contributed by atoms with Crippen LogP contribution in [0.1, 0.15) is 33.1 Å². The molecule has 0 aliphatic carbocycles. The molecule has 0 aromatic heterocycles. The van der Waals surface area contributed by atoms with E-state index in [0.717, 1.165) is 18.9 Å². The average Bonchev–Trinajstić information content (AvgIpc) is 2.62. The highest BCUT2D eigenvalue weighted by molar-refractivity contribution is 5.79. The number of nitrogens with two attached hydrogens (primary N) is 1. The second-order valence-electron chi connectivity index (χ2n) is 5.21. The van der Waals surface area contributed by atoms with Crippen molar-refractivity contribution in [2.45, 2.75) is 38.6 Å². The van der Waals surface area contributed by atoms with Gasteiger partial charge >= 0.3 is 5.97 Å². The molecule has 1 rings (SSSR count). The SMILES string of the molecule is COC(=O)C(C)(N)CCCN1CCC(C)C1. The molecule has 2 N–H and O–H groups in total. The molecule has 1 heterocycles. The van der Waals surface area contributed by atoms with Crippen molar-refractivity contribution in [3.8, 4) is 0 Å². The van der Waals surface area contributed by atoms with Gasteiger partial charge in [-0.15, -0.1) is 0 Å². The lowest BCUT2D eigenvalue weighted by Gasteiger charge is -2.23. The van der Waals surface area contributed by atoms with Crippen molar-refractivity contribution in [1.29, 1.82) is 0 Å². The van der Waals surface area contributed by atoms with Gasteiger partial charge in [-0.2, -0.15) is 0 Å². The first kappa shape index (κ1) is 13.5. The number of nitrogens with zero attached hydrogens (tertiary/aromatic N) is 1. The normalized spacial score (nSPS) is 25.4. The molecule has 1 saturated heterocycles. The smallest absolute Gasteiger partial charge is 0.325 e. The topological polar surface area (TPSA) is 55.6 Å². The summed E-state index contributed by atoms with van der Waals surface area (Å²) in [5.41, 5.74) is 5.06. The van der Waals surface area contributed by atoms with Crippen LogP contribution in [0.15, 0.2) is 0 Å². The van der Waals surface area contributed by atoms with Crippen LogP contribution < -0.4 is 5.73 Å². The van der Waals surface area contributed by atoms with E-state index in [1.54, 1.807) is 6.92 Å². The predicted molar refractivity (Wildman–Crippen MR) is 64.1 cm³/mol. The molecule has 2 unspecified atom stereocenters. The molecular weight excluding hydrogens is 204 g/mol. The first-order chi connectivity index (χ1) is 7.45. The zero-order valence-electron chi connectivity index (χ0n) is 10.7. The highest BCUT2D eigenvalue weighted by Gasteiger charge is 2.29. The van der Waals surface area contributed by atoms with Crippen molar-refractivity contribution < 1.29 is 9.53 Å². The van der Waals surface area contributed by atoms with Gasteiger partial charge in [0.1, 0.15) is 5.54 Å². The molecule has 0 amide bonds. The van der Waals surface area contributed by atoms with E-state index in [4.69, 9.17) is 5.73 Å². The highest BCUT2D eigenvalue weighted by Crippen LogP contribution is 2.17. The number of hydrogen-bond donors (Lipinski definition) is 1. The van der Waals surface area contributed by atoms with Crippen LogP contribution in [0.3, 0.4) is 0 Å². The molecule has 1 fully saturated rings. The van der Waals surface area contributed by atoms with E-state index in [2.05, 4.69) is 16.6 Å². The number of methoxy groups -OCH3 is 1. The Morgan fingerprint density at radius 2 is 2.31 bits per heavy atom. The predicted octanol–water partition coefficient (Wildman–Crippen LogP) is 0.999. The minimum atomic E-state index is -0.833. The molecule has 0 bridgehead atoms. The van der Waals surface area contributed by atoms with Crippen LogP contribution >= 0.6 is 0 Å². The highest BCUT2D eigenvalue weighted by atomic mass is 16.5. The third kappa shape index (κ3) is 3.76. The van der Waals surface area contributed by atoms with Crippen molar-refractivity contribution in [3.63, 3.8) is 0 Å². The van der Waals surface area contributed by atoms with E-state index in [0.29, 0.717) is 6.42 Å². The van der Waals surface area contributed by atoms with Gasteiger partial charge in [0, 0.05) is 6.54 Å². The van der Waals surface area contributed by atoms with E-state index >= 15 is 0 Å². The first-order valence-electron chi connectivity index (χ1n) is 6.05. The molecule has 0 spiro atoms. The number of carbonyl (C=O) groups is 1. The maximum atomic E-state index is 11.4. The van der Waals surface area contributed by atoms with Crippen molar-refractivity contribution in [2.24, 2.45) is 11.7 Å². The van der Waals surface area contributed by atoms with Gasteiger partial charge in [0.25, 0.3) is 0 Å². The number of likely N-dealkylation sites (tertiary alicyclic amines) is 1. The Morgan fingerprint density at radius 1 is 1.62 bits per heavy atom. The van der Waals surface area contributed by atoms with Crippen LogP contribution in [0, 0.1) is 5.92 Å². The molecular formula is C12H24N2O2. The number of rotatable bonds is 5. The third-order valence-corrected chi connectivity index (χ3v) is 3.33. The molecule has 1 aliphatic rings. The summed E-state index contributed by atoms with van der Waals surface area (Å²) in [6.07, 6.45) is 2.93. The van der Waals surface area contributed by atoms with E-state index in [9.17, 15) is 4.79 Å². The molecule has 0 saturated carbocycles. The summed E-state index contributed by atoms with van der Waals surface area (Å²) in [6, 6.07) is 0. The maximum absolute atomic E-state index is 11.4. The molecule has 0 radical (unpaired) electrons. The van der Waals surface area contributed by atoms with Crippen LogP contribution in [-0.2, 0) is 9.53 Å². The summed E-state index contributed by atoms with van der Waals surface area (Å²) >= 11 is 0. The zero-order chi connectivity index (χ0) is 12.2. The minimum Gasteiger partial charge on any atom is -0.468 e. The van der Waals surface area contributed by atoms with Gasteiger partial charge in [0.15, 0.2) is 0 Å². The zero-order valence-corrected chi connectivity index (χ0v) is 10.7. The fourth-order valence-electron chi connectivity index (χ4n) is 2.23.